The van der Waals surface area contributed by atoms with E-state index >= 15 is 0 Å². The molecular weight excluding hydrogens is 822 g/mol. The molecule has 2 heterocycles. The van der Waals surface area contributed by atoms with E-state index in [9.17, 15) is 68.4 Å². The number of carboxylic acids is 5. The molecule has 62 heavy (non-hydrogen) atoms. The van der Waals surface area contributed by atoms with Crippen molar-refractivity contribution in [3.63, 3.8) is 0 Å². The molecule has 0 saturated carbocycles. The Labute approximate surface area is 352 Å². The van der Waals surface area contributed by atoms with Gasteiger partial charge in [0.2, 0.25) is 35.4 Å². The molecule has 3 rings (SSSR count). The molecule has 5 amide bonds. The monoisotopic (exact) mass is 869 g/mol. The van der Waals surface area contributed by atoms with Gasteiger partial charge >= 0.3 is 29.8 Å². The van der Waals surface area contributed by atoms with Gasteiger partial charge < -0.3 is 56.9 Å². The van der Waals surface area contributed by atoms with E-state index in [1.807, 2.05) is 16.0 Å². The minimum atomic E-state index is -2.02. The van der Waals surface area contributed by atoms with Crippen LogP contribution in [0.3, 0.4) is 0 Å². The molecular formula is C39H47N7O16. The molecule has 0 fully saturated rings. The first-order valence-electron chi connectivity index (χ1n) is 19.2. The zero-order valence-electron chi connectivity index (χ0n) is 33.4. The number of pyridine rings is 2. The minimum absolute atomic E-state index is 0.0845. The fraction of sp³-hybridized carbons (Fsp3) is 0.436. The third kappa shape index (κ3) is 15.6. The average Bonchev–Trinajstić information content (AvgIpc) is 3.20. The Hall–Kier alpha value is -7.46. The summed E-state index contributed by atoms with van der Waals surface area (Å²) < 4.78 is 5.97. The Morgan fingerprint density at radius 2 is 1.06 bits per heavy atom. The van der Waals surface area contributed by atoms with Crippen molar-refractivity contribution in [1.82, 2.24) is 36.6 Å². The zero-order chi connectivity index (χ0) is 45.9. The number of nitrogens with zero attached hydrogens (tertiary/aromatic N) is 2. The normalized spacial score (nSPS) is 12.8. The number of amides is 5. The summed E-state index contributed by atoms with van der Waals surface area (Å²) in [7, 11) is 1.14. The number of nitrogens with one attached hydrogen (secondary N) is 5. The van der Waals surface area contributed by atoms with Crippen molar-refractivity contribution >= 4 is 81.1 Å². The Balaban J connectivity index is 1.51. The van der Waals surface area contributed by atoms with Gasteiger partial charge in [-0.05, 0) is 31.0 Å². The number of rotatable bonds is 27. The van der Waals surface area contributed by atoms with E-state index in [0.29, 0.717) is 43.7 Å². The van der Waals surface area contributed by atoms with Gasteiger partial charge in [-0.25, -0.2) is 9.78 Å². The van der Waals surface area contributed by atoms with Crippen LogP contribution in [0.5, 0.6) is 5.88 Å². The number of carbonyl (C=O) groups excluding carboxylic acids is 5. The lowest BCUT2D eigenvalue weighted by atomic mass is 10.1. The molecule has 0 saturated heterocycles. The maximum absolute atomic E-state index is 13.1. The predicted molar refractivity (Wildman–Crippen MR) is 213 cm³/mol. The van der Waals surface area contributed by atoms with Crippen molar-refractivity contribution in [3.05, 3.63) is 42.2 Å². The van der Waals surface area contributed by atoms with Crippen molar-refractivity contribution in [2.24, 2.45) is 0 Å². The number of benzene rings is 1. The van der Waals surface area contributed by atoms with E-state index in [0.717, 1.165) is 36.0 Å². The van der Waals surface area contributed by atoms with Crippen LogP contribution in [0.25, 0.3) is 21.7 Å². The molecule has 0 aliphatic carbocycles. The average molecular weight is 870 g/mol. The fourth-order valence-corrected chi connectivity index (χ4v) is 6.12. The van der Waals surface area contributed by atoms with Crippen LogP contribution in [-0.2, 0) is 43.2 Å². The summed E-state index contributed by atoms with van der Waals surface area (Å²) in [6.07, 6.45) is 2.84. The second-order valence-corrected chi connectivity index (χ2v) is 13.9. The first-order valence-corrected chi connectivity index (χ1v) is 19.2. The van der Waals surface area contributed by atoms with Crippen LogP contribution in [0.15, 0.2) is 36.7 Å². The number of aromatic nitrogens is 2. The van der Waals surface area contributed by atoms with Gasteiger partial charge in [0.1, 0.15) is 24.2 Å². The number of carboxylic acid groups (broad SMARTS) is 5. The second kappa shape index (κ2) is 24.0. The molecule has 10 N–H and O–H groups in total. The standard InChI is InChI=1S/C39H47N7O16/c1-40-34(56)25(15-30(48)49)43-36(58)27(17-32(52)53)45-37(59)28(18-33(54)55)44-35(57)26(16-31(50)51)42-29(47)8-6-4-2-3-5-7-13-62-38-22-11-12-41-19-23(22)21-10-9-20(39(60)61)14-24(21)46-38/h9-12,14,19,25-28H,2-8,13,15-18H2,1H3,(H,40,56)(H,42,47)(H,43,58)(H,44,57)(H,45,59)(H,48,49)(H,50,51)(H,52,53)(H,54,55)(H,60,61)/t25-,26-,27-,28-/m0/s1. The van der Waals surface area contributed by atoms with Gasteiger partial charge in [0.15, 0.2) is 0 Å². The lowest BCUT2D eigenvalue weighted by Crippen LogP contribution is -2.59. The highest BCUT2D eigenvalue weighted by Gasteiger charge is 2.34. The highest BCUT2D eigenvalue weighted by atomic mass is 16.5. The minimum Gasteiger partial charge on any atom is -0.481 e. The van der Waals surface area contributed by atoms with E-state index < -0.39 is 109 Å². The van der Waals surface area contributed by atoms with Crippen LogP contribution in [0, 0.1) is 0 Å². The zero-order valence-corrected chi connectivity index (χ0v) is 33.4. The molecule has 334 valence electrons. The summed E-state index contributed by atoms with van der Waals surface area (Å²) in [6, 6.07) is -1.10. The van der Waals surface area contributed by atoms with Crippen molar-refractivity contribution < 1.29 is 78.2 Å². The summed E-state index contributed by atoms with van der Waals surface area (Å²) >= 11 is 0. The Morgan fingerprint density at radius 1 is 0.581 bits per heavy atom. The molecule has 0 radical (unpaired) electrons. The number of hydrogen-bond donors (Lipinski definition) is 10. The van der Waals surface area contributed by atoms with E-state index in [1.165, 1.54) is 12.1 Å². The van der Waals surface area contributed by atoms with Gasteiger partial charge in [0, 0.05) is 42.0 Å². The lowest BCUT2D eigenvalue weighted by Gasteiger charge is -2.25. The molecule has 0 bridgehead atoms. The second-order valence-electron chi connectivity index (χ2n) is 13.9. The third-order valence-corrected chi connectivity index (χ3v) is 9.16. The van der Waals surface area contributed by atoms with E-state index in [-0.39, 0.29) is 12.0 Å². The topological polar surface area (TPSA) is 367 Å². The number of likely N-dealkylation sites (N-methyl/N-ethyl adjacent to an activating group) is 1. The number of aliphatic carboxylic acids is 4. The Kier molecular flexibility index (Phi) is 18.9. The quantitative estimate of drug-likeness (QED) is 0.0361. The van der Waals surface area contributed by atoms with Gasteiger partial charge in [-0.2, -0.15) is 0 Å². The summed E-state index contributed by atoms with van der Waals surface area (Å²) in [5, 5.41) is 59.1. The molecule has 23 nitrogen and oxygen atoms in total. The van der Waals surface area contributed by atoms with E-state index in [2.05, 4.69) is 20.6 Å². The van der Waals surface area contributed by atoms with Crippen molar-refractivity contribution in [3.8, 4) is 5.88 Å². The smallest absolute Gasteiger partial charge is 0.335 e. The number of carbonyl (C=O) groups is 10. The fourth-order valence-electron chi connectivity index (χ4n) is 6.12. The van der Waals surface area contributed by atoms with Crippen molar-refractivity contribution in [1.29, 1.82) is 0 Å². The van der Waals surface area contributed by atoms with Gasteiger partial charge in [-0.1, -0.05) is 31.7 Å². The first kappa shape index (κ1) is 48.9. The van der Waals surface area contributed by atoms with Crippen LogP contribution in [0.2, 0.25) is 0 Å². The van der Waals surface area contributed by atoms with Crippen LogP contribution in [0.4, 0.5) is 0 Å². The SMILES string of the molecule is CNC(=O)[C@H](CC(=O)O)NC(=O)[C@H](CC(=O)O)NC(=O)[C@H](CC(=O)O)NC(=O)[C@H](CC(=O)O)NC(=O)CCCCCCCCOc1nc2cc(C(=O)O)ccc2c2cnccc12. The number of aromatic carboxylic acids is 1. The highest BCUT2D eigenvalue weighted by Crippen LogP contribution is 2.31. The van der Waals surface area contributed by atoms with Gasteiger partial charge in [-0.15, -0.1) is 0 Å². The Bertz CT molecular complexity index is 2180. The third-order valence-electron chi connectivity index (χ3n) is 9.16. The summed E-state index contributed by atoms with van der Waals surface area (Å²) in [6.45, 7) is 0.325. The number of unbranched alkanes of at least 4 members (excludes halogenated alkanes) is 5. The van der Waals surface area contributed by atoms with Gasteiger partial charge in [-0.3, -0.25) is 48.1 Å². The Morgan fingerprint density at radius 3 is 1.56 bits per heavy atom. The summed E-state index contributed by atoms with van der Waals surface area (Å²) in [5.41, 5.74) is 0.536. The van der Waals surface area contributed by atoms with Crippen LogP contribution >= 0.6 is 0 Å². The van der Waals surface area contributed by atoms with Gasteiger partial charge in [0.25, 0.3) is 0 Å². The maximum Gasteiger partial charge on any atom is 0.335 e. The molecule has 3 aromatic rings. The van der Waals surface area contributed by atoms with E-state index in [1.54, 1.807) is 24.5 Å². The molecule has 0 aliphatic heterocycles. The molecule has 4 atom stereocenters. The summed E-state index contributed by atoms with van der Waals surface area (Å²) in [4.78, 5) is 130. The van der Waals surface area contributed by atoms with Crippen LogP contribution in [-0.4, -0.2) is 133 Å². The molecule has 1 aromatic carbocycles. The number of fused-ring (bicyclic) bond motifs is 3. The summed E-state index contributed by atoms with van der Waals surface area (Å²) in [5.74, 6) is -12.8. The van der Waals surface area contributed by atoms with Gasteiger partial charge in [0.05, 0.1) is 43.4 Å². The largest absolute Gasteiger partial charge is 0.481 e. The molecule has 0 unspecified atom stereocenters. The van der Waals surface area contributed by atoms with Crippen LogP contribution in [0.1, 0.15) is 81.0 Å². The van der Waals surface area contributed by atoms with Crippen molar-refractivity contribution in [2.75, 3.05) is 13.7 Å². The highest BCUT2D eigenvalue weighted by molar-refractivity contribution is 6.09. The number of ether oxygens (including phenoxy) is 1. The molecule has 0 spiro atoms. The van der Waals surface area contributed by atoms with E-state index in [4.69, 9.17) is 9.84 Å². The first-order chi connectivity index (χ1) is 29.4. The molecule has 2 aromatic heterocycles. The van der Waals surface area contributed by atoms with Crippen molar-refractivity contribution in [2.45, 2.75) is 94.8 Å². The molecule has 0 aliphatic rings. The van der Waals surface area contributed by atoms with Crippen LogP contribution < -0.4 is 31.3 Å². The number of hydrogen-bond acceptors (Lipinski definition) is 13. The molecule has 23 heteroatoms. The lowest BCUT2D eigenvalue weighted by molar-refractivity contribution is -0.144. The maximum atomic E-state index is 13.1. The predicted octanol–water partition coefficient (Wildman–Crippen LogP) is 0.175.